The first-order valence-electron chi connectivity index (χ1n) is 9.73. The van der Waals surface area contributed by atoms with Gasteiger partial charge in [-0.2, -0.15) is 0 Å². The summed E-state index contributed by atoms with van der Waals surface area (Å²) in [7, 11) is 1.40. The zero-order valence-electron chi connectivity index (χ0n) is 16.8. The number of fused-ring (bicyclic) bond motifs is 1. The third-order valence-electron chi connectivity index (χ3n) is 5.39. The zero-order chi connectivity index (χ0) is 22.0. The van der Waals surface area contributed by atoms with E-state index in [1.54, 1.807) is 30.5 Å². The van der Waals surface area contributed by atoms with E-state index in [-0.39, 0.29) is 11.7 Å². The molecule has 1 aliphatic rings. The molecule has 162 valence electrons. The molecule has 0 amide bonds. The Labute approximate surface area is 183 Å². The van der Waals surface area contributed by atoms with Crippen molar-refractivity contribution in [2.45, 2.75) is 24.5 Å². The highest BCUT2D eigenvalue weighted by Crippen LogP contribution is 2.37. The van der Waals surface area contributed by atoms with Crippen molar-refractivity contribution in [3.8, 4) is 17.0 Å². The smallest absolute Gasteiger partial charge is 0.336 e. The first-order valence-corrected chi connectivity index (χ1v) is 10.1. The Morgan fingerprint density at radius 3 is 2.68 bits per heavy atom. The number of aromatic nitrogens is 2. The Morgan fingerprint density at radius 1 is 1.26 bits per heavy atom. The minimum atomic E-state index is -1.12. The van der Waals surface area contributed by atoms with Gasteiger partial charge in [-0.1, -0.05) is 11.6 Å². The molecule has 31 heavy (non-hydrogen) atoms. The molecule has 2 aromatic heterocycles. The number of pyridine rings is 1. The van der Waals surface area contributed by atoms with Gasteiger partial charge in [0.25, 0.3) is 5.56 Å². The molecule has 0 unspecified atom stereocenters. The lowest BCUT2D eigenvalue weighted by atomic mass is 9.77. The number of hydrogen-bond donors (Lipinski definition) is 1. The number of carbonyl (C=O) groups is 1. The normalized spacial score (nSPS) is 20.4. The summed E-state index contributed by atoms with van der Waals surface area (Å²) in [5.74, 6) is -0.315. The van der Waals surface area contributed by atoms with Crippen LogP contribution in [0.2, 0.25) is 5.02 Å². The number of benzene rings is 1. The summed E-state index contributed by atoms with van der Waals surface area (Å²) < 4.78 is 17.8. The second-order valence-corrected chi connectivity index (χ2v) is 7.71. The topological polar surface area (TPSA) is 99.4 Å². The molecule has 2 heterocycles. The number of carboxylic acid groups (broad SMARTS) is 1. The lowest BCUT2D eigenvalue weighted by Gasteiger charge is -2.42. The number of ether oxygens (including phenoxy) is 3. The molecule has 0 spiro atoms. The quantitative estimate of drug-likeness (QED) is 0.533. The molecule has 1 saturated carbocycles. The number of methoxy groups -OCH3 is 1. The number of aliphatic carboxylic acids is 1. The highest BCUT2D eigenvalue weighted by molar-refractivity contribution is 6.33. The van der Waals surface area contributed by atoms with E-state index < -0.39 is 11.6 Å². The first-order chi connectivity index (χ1) is 14.9. The van der Waals surface area contributed by atoms with Crippen LogP contribution in [0.1, 0.15) is 12.8 Å². The number of nitrogens with zero attached hydrogens (tertiary/aromatic N) is 2. The molecule has 3 aromatic rings. The van der Waals surface area contributed by atoms with Crippen molar-refractivity contribution in [2.75, 3.05) is 20.3 Å². The molecule has 4 rings (SSSR count). The van der Waals surface area contributed by atoms with Crippen molar-refractivity contribution in [3.05, 3.63) is 64.0 Å². The van der Waals surface area contributed by atoms with E-state index in [1.807, 2.05) is 12.1 Å². The minimum Gasteiger partial charge on any atom is -0.491 e. The number of carboxylic acids is 1. The van der Waals surface area contributed by atoms with Gasteiger partial charge in [-0.3, -0.25) is 9.20 Å². The third kappa shape index (κ3) is 4.27. The Kier molecular flexibility index (Phi) is 5.95. The van der Waals surface area contributed by atoms with Crippen molar-refractivity contribution < 1.29 is 24.1 Å². The van der Waals surface area contributed by atoms with Crippen LogP contribution in [0.25, 0.3) is 16.9 Å². The maximum Gasteiger partial charge on any atom is 0.336 e. The largest absolute Gasteiger partial charge is 0.491 e. The Hall–Kier alpha value is -2.94. The molecule has 9 heteroatoms. The summed E-state index contributed by atoms with van der Waals surface area (Å²) in [6, 6.07) is 12.0. The van der Waals surface area contributed by atoms with Gasteiger partial charge in [-0.15, -0.1) is 0 Å². The van der Waals surface area contributed by atoms with E-state index in [2.05, 4.69) is 4.98 Å². The van der Waals surface area contributed by atoms with E-state index in [0.29, 0.717) is 48.2 Å². The molecule has 1 N–H and O–H groups in total. The van der Waals surface area contributed by atoms with Crippen LogP contribution < -0.4 is 10.3 Å². The molecule has 8 nitrogen and oxygen atoms in total. The molecule has 0 radical (unpaired) electrons. The summed E-state index contributed by atoms with van der Waals surface area (Å²) in [6.07, 6.45) is 2.14. The maximum absolute atomic E-state index is 12.3. The van der Waals surface area contributed by atoms with Crippen molar-refractivity contribution in [1.82, 2.24) is 9.38 Å². The van der Waals surface area contributed by atoms with Crippen molar-refractivity contribution in [3.63, 3.8) is 0 Å². The van der Waals surface area contributed by atoms with Crippen LogP contribution in [0.5, 0.6) is 5.75 Å². The second-order valence-electron chi connectivity index (χ2n) is 7.31. The zero-order valence-corrected chi connectivity index (χ0v) is 17.5. The van der Waals surface area contributed by atoms with Crippen molar-refractivity contribution >= 4 is 23.2 Å². The lowest BCUT2D eigenvalue weighted by Crippen LogP contribution is -2.55. The summed E-state index contributed by atoms with van der Waals surface area (Å²) in [4.78, 5) is 28.0. The minimum absolute atomic E-state index is 0.146. The SMILES string of the molecule is COC1(C(=O)O)CC(OCCOc2ccc(-c3cc(=O)n4cccc(Cl)c4n3)cc2)C1. The number of hydrogen-bond acceptors (Lipinski definition) is 6. The van der Waals surface area contributed by atoms with Crippen LogP contribution in [0.4, 0.5) is 0 Å². The molecule has 1 aliphatic carbocycles. The Morgan fingerprint density at radius 2 is 2.00 bits per heavy atom. The van der Waals surface area contributed by atoms with Gasteiger partial charge < -0.3 is 19.3 Å². The Bertz CT molecular complexity index is 1150. The second kappa shape index (κ2) is 8.66. The predicted octanol–water partition coefficient (Wildman–Crippen LogP) is 3.04. The maximum atomic E-state index is 12.3. The van der Waals surface area contributed by atoms with Crippen molar-refractivity contribution in [2.24, 2.45) is 0 Å². The van der Waals surface area contributed by atoms with E-state index in [4.69, 9.17) is 25.8 Å². The molecule has 0 atom stereocenters. The fourth-order valence-electron chi connectivity index (χ4n) is 3.56. The molecule has 0 aliphatic heterocycles. The molecular weight excluding hydrogens is 424 g/mol. The van der Waals surface area contributed by atoms with E-state index >= 15 is 0 Å². The van der Waals surface area contributed by atoms with E-state index in [0.717, 1.165) is 5.56 Å². The molecule has 1 fully saturated rings. The van der Waals surface area contributed by atoms with E-state index in [1.165, 1.54) is 17.6 Å². The summed E-state index contributed by atoms with van der Waals surface area (Å²) in [6.45, 7) is 0.668. The first kappa shape index (κ1) is 21.3. The number of rotatable bonds is 8. The van der Waals surface area contributed by atoms with Gasteiger partial charge >= 0.3 is 5.97 Å². The highest BCUT2D eigenvalue weighted by Gasteiger charge is 2.51. The average Bonchev–Trinajstić information content (AvgIpc) is 2.73. The fraction of sp³-hybridized carbons (Fsp3) is 0.318. The fourth-order valence-corrected chi connectivity index (χ4v) is 3.76. The van der Waals surface area contributed by atoms with Crippen molar-refractivity contribution in [1.29, 1.82) is 0 Å². The van der Waals surface area contributed by atoms with Crippen LogP contribution in [0.3, 0.4) is 0 Å². The highest BCUT2D eigenvalue weighted by atomic mass is 35.5. The molecule has 1 aromatic carbocycles. The van der Waals surface area contributed by atoms with Gasteiger partial charge in [0.15, 0.2) is 11.2 Å². The van der Waals surface area contributed by atoms with Crippen LogP contribution in [-0.4, -0.2) is 52.5 Å². The average molecular weight is 445 g/mol. The third-order valence-corrected chi connectivity index (χ3v) is 5.69. The predicted molar refractivity (Wildman–Crippen MR) is 114 cm³/mol. The molecule has 0 saturated heterocycles. The van der Waals surface area contributed by atoms with Crippen LogP contribution in [-0.2, 0) is 14.3 Å². The standard InChI is InChI=1S/C22H21ClN2O6/c1-29-22(21(27)28)12-16(13-22)31-10-9-30-15-6-4-14(5-7-15)18-11-19(26)25-8-2-3-17(23)20(25)24-18/h2-8,11,16H,9-10,12-13H2,1H3,(H,27,28). The molecular formula is C22H21ClN2O6. The molecule has 0 bridgehead atoms. The van der Waals surface area contributed by atoms with Gasteiger partial charge in [0.1, 0.15) is 12.4 Å². The van der Waals surface area contributed by atoms with Crippen LogP contribution in [0, 0.1) is 0 Å². The summed E-state index contributed by atoms with van der Waals surface area (Å²) in [5.41, 5.74) is 0.363. The van der Waals surface area contributed by atoms with Gasteiger partial charge in [0.05, 0.1) is 23.4 Å². The van der Waals surface area contributed by atoms with Gasteiger partial charge in [0.2, 0.25) is 0 Å². The van der Waals surface area contributed by atoms with Gasteiger partial charge in [-0.25, -0.2) is 9.78 Å². The number of halogens is 1. The monoisotopic (exact) mass is 444 g/mol. The van der Waals surface area contributed by atoms with Gasteiger partial charge in [-0.05, 0) is 36.4 Å². The summed E-state index contributed by atoms with van der Waals surface area (Å²) in [5, 5.41) is 9.57. The van der Waals surface area contributed by atoms with E-state index in [9.17, 15) is 14.7 Å². The Balaban J connectivity index is 1.32. The van der Waals surface area contributed by atoms with Gasteiger partial charge in [0, 0.05) is 37.8 Å². The van der Waals surface area contributed by atoms with Crippen LogP contribution >= 0.6 is 11.6 Å². The van der Waals surface area contributed by atoms with Crippen LogP contribution in [0.15, 0.2) is 53.5 Å². The lowest BCUT2D eigenvalue weighted by molar-refractivity contribution is -0.195. The summed E-state index contributed by atoms with van der Waals surface area (Å²) >= 11 is 6.17.